The number of aromatic amines is 1. The van der Waals surface area contributed by atoms with Crippen molar-refractivity contribution in [3.8, 4) is 0 Å². The van der Waals surface area contributed by atoms with Gasteiger partial charge in [0.25, 0.3) is 0 Å². The number of aromatic nitrogens is 3. The van der Waals surface area contributed by atoms with Crippen molar-refractivity contribution in [2.45, 2.75) is 5.03 Å². The number of rotatable bonds is 1. The molecule has 2 heterocycles. The van der Waals surface area contributed by atoms with Crippen LogP contribution in [0.2, 0.25) is 0 Å². The fourth-order valence-electron chi connectivity index (χ4n) is 0.937. The molecular weight excluding hydrogens is 158 g/mol. The van der Waals surface area contributed by atoms with Crippen molar-refractivity contribution < 1.29 is 0 Å². The van der Waals surface area contributed by atoms with E-state index in [0.29, 0.717) is 0 Å². The first kappa shape index (κ1) is 6.67. The van der Waals surface area contributed by atoms with E-state index in [9.17, 15) is 0 Å². The van der Waals surface area contributed by atoms with Gasteiger partial charge in [0.2, 0.25) is 0 Å². The van der Waals surface area contributed by atoms with Crippen LogP contribution in [0.4, 0.5) is 0 Å². The van der Waals surface area contributed by atoms with Crippen molar-refractivity contribution in [2.24, 2.45) is 0 Å². The number of nitrogens with zero attached hydrogens (tertiary/aromatic N) is 2. The predicted octanol–water partition coefficient (Wildman–Crippen LogP) is 1.68. The van der Waals surface area contributed by atoms with E-state index in [0.717, 1.165) is 16.1 Å². The van der Waals surface area contributed by atoms with Gasteiger partial charge < -0.3 is 4.98 Å². The highest BCUT2D eigenvalue weighted by Gasteiger charge is 1.97. The average Bonchev–Trinajstić information content (AvgIpc) is 2.50. The molecule has 3 nitrogen and oxygen atoms in total. The van der Waals surface area contributed by atoms with E-state index in [1.165, 1.54) is 0 Å². The van der Waals surface area contributed by atoms with Gasteiger partial charge in [-0.1, -0.05) is 0 Å². The molecule has 0 bridgehead atoms. The highest BCUT2D eigenvalue weighted by Crippen LogP contribution is 2.15. The molecule has 0 aliphatic carbocycles. The van der Waals surface area contributed by atoms with Crippen LogP contribution in [0.15, 0.2) is 23.4 Å². The largest absolute Gasteiger partial charge is 0.345 e. The zero-order valence-electron chi connectivity index (χ0n) is 6.03. The highest BCUT2D eigenvalue weighted by atomic mass is 32.2. The molecule has 4 heteroatoms. The maximum atomic E-state index is 3.99. The minimum absolute atomic E-state index is 0.850. The van der Waals surface area contributed by atoms with Crippen molar-refractivity contribution in [1.82, 2.24) is 15.2 Å². The van der Waals surface area contributed by atoms with Gasteiger partial charge in [-0.15, -0.1) is 22.0 Å². The summed E-state index contributed by atoms with van der Waals surface area (Å²) < 4.78 is 0. The summed E-state index contributed by atoms with van der Waals surface area (Å²) in [6.07, 6.45) is 3.85. The van der Waals surface area contributed by atoms with Crippen molar-refractivity contribution >= 4 is 22.8 Å². The van der Waals surface area contributed by atoms with Crippen LogP contribution in [0.5, 0.6) is 0 Å². The third-order valence-electron chi connectivity index (χ3n) is 1.49. The van der Waals surface area contributed by atoms with Gasteiger partial charge in [0.15, 0.2) is 5.65 Å². The first-order chi connectivity index (χ1) is 5.40. The minimum Gasteiger partial charge on any atom is -0.345 e. The second kappa shape index (κ2) is 2.54. The Morgan fingerprint density at radius 2 is 2.36 bits per heavy atom. The van der Waals surface area contributed by atoms with Gasteiger partial charge in [0.05, 0.1) is 0 Å². The van der Waals surface area contributed by atoms with Crippen LogP contribution in [0.1, 0.15) is 0 Å². The summed E-state index contributed by atoms with van der Waals surface area (Å²) in [6.45, 7) is 0. The van der Waals surface area contributed by atoms with E-state index < -0.39 is 0 Å². The lowest BCUT2D eigenvalue weighted by Crippen LogP contribution is -1.84. The lowest BCUT2D eigenvalue weighted by molar-refractivity contribution is 0.958. The minimum atomic E-state index is 0.850. The molecule has 0 unspecified atom stereocenters. The first-order valence-corrected chi connectivity index (χ1v) is 4.47. The maximum Gasteiger partial charge on any atom is 0.160 e. The Balaban J connectivity index is 2.67. The molecule has 0 amide bonds. The monoisotopic (exact) mass is 165 g/mol. The number of H-pyrrole nitrogens is 1. The molecule has 2 aromatic rings. The molecular formula is C7H7N3S. The van der Waals surface area contributed by atoms with Gasteiger partial charge in [0, 0.05) is 11.6 Å². The average molecular weight is 165 g/mol. The zero-order valence-corrected chi connectivity index (χ0v) is 6.85. The third kappa shape index (κ3) is 1.09. The van der Waals surface area contributed by atoms with E-state index in [2.05, 4.69) is 15.2 Å². The Hall–Kier alpha value is -1.03. The molecule has 0 fully saturated rings. The lowest BCUT2D eigenvalue weighted by atomic mass is 10.4. The maximum absolute atomic E-state index is 3.99. The summed E-state index contributed by atoms with van der Waals surface area (Å²) >= 11 is 1.60. The van der Waals surface area contributed by atoms with Gasteiger partial charge >= 0.3 is 0 Å². The topological polar surface area (TPSA) is 41.6 Å². The first-order valence-electron chi connectivity index (χ1n) is 3.25. The number of hydrogen-bond acceptors (Lipinski definition) is 3. The van der Waals surface area contributed by atoms with Crippen molar-refractivity contribution in [3.63, 3.8) is 0 Å². The van der Waals surface area contributed by atoms with E-state index >= 15 is 0 Å². The van der Waals surface area contributed by atoms with Crippen molar-refractivity contribution in [2.75, 3.05) is 6.26 Å². The van der Waals surface area contributed by atoms with Gasteiger partial charge in [-0.3, -0.25) is 0 Å². The molecule has 0 aliphatic rings. The van der Waals surface area contributed by atoms with E-state index in [4.69, 9.17) is 0 Å². The quantitative estimate of drug-likeness (QED) is 0.654. The van der Waals surface area contributed by atoms with Crippen LogP contribution in [0.3, 0.4) is 0 Å². The standard InChI is InChI=1S/C7H7N3S/c1-11-6-4-5-2-3-8-7(5)10-9-6/h2-4H,1H3,(H,8,10). The van der Waals surface area contributed by atoms with Crippen molar-refractivity contribution in [3.05, 3.63) is 18.3 Å². The lowest BCUT2D eigenvalue weighted by Gasteiger charge is -1.91. The molecule has 1 N–H and O–H groups in total. The molecule has 0 saturated heterocycles. The number of hydrogen-bond donors (Lipinski definition) is 1. The molecule has 2 aromatic heterocycles. The molecule has 0 saturated carbocycles. The Morgan fingerprint density at radius 1 is 1.45 bits per heavy atom. The van der Waals surface area contributed by atoms with Gasteiger partial charge in [-0.25, -0.2) is 0 Å². The van der Waals surface area contributed by atoms with Crippen LogP contribution < -0.4 is 0 Å². The molecule has 56 valence electrons. The summed E-state index contributed by atoms with van der Waals surface area (Å²) in [5.41, 5.74) is 0.850. The van der Waals surface area contributed by atoms with Crippen LogP contribution in [0, 0.1) is 0 Å². The van der Waals surface area contributed by atoms with Crippen LogP contribution in [-0.4, -0.2) is 21.4 Å². The molecule has 2 rings (SSSR count). The Bertz CT molecular complexity index is 368. The number of thioether (sulfide) groups is 1. The van der Waals surface area contributed by atoms with Crippen molar-refractivity contribution in [1.29, 1.82) is 0 Å². The van der Waals surface area contributed by atoms with E-state index in [1.54, 1.807) is 11.8 Å². The fourth-order valence-corrected chi connectivity index (χ4v) is 1.30. The van der Waals surface area contributed by atoms with E-state index in [-0.39, 0.29) is 0 Å². The fraction of sp³-hybridized carbons (Fsp3) is 0.143. The van der Waals surface area contributed by atoms with Gasteiger partial charge in [-0.2, -0.15) is 0 Å². The SMILES string of the molecule is CSc1cc2cc[nH]c2nn1. The Kier molecular flexibility index (Phi) is 1.54. The van der Waals surface area contributed by atoms with E-state index in [1.807, 2.05) is 24.6 Å². The predicted molar refractivity (Wildman–Crippen MR) is 45.7 cm³/mol. The second-order valence-corrected chi connectivity index (χ2v) is 2.99. The van der Waals surface area contributed by atoms with Crippen LogP contribution in [0.25, 0.3) is 11.0 Å². The third-order valence-corrected chi connectivity index (χ3v) is 2.11. The molecule has 11 heavy (non-hydrogen) atoms. The zero-order chi connectivity index (χ0) is 7.68. The molecule has 0 atom stereocenters. The summed E-state index contributed by atoms with van der Waals surface area (Å²) in [4.78, 5) is 2.99. The number of fused-ring (bicyclic) bond motifs is 1. The summed E-state index contributed by atoms with van der Waals surface area (Å²) in [7, 11) is 0. The summed E-state index contributed by atoms with van der Waals surface area (Å²) in [6, 6.07) is 4.01. The second-order valence-electron chi connectivity index (χ2n) is 2.17. The number of nitrogens with one attached hydrogen (secondary N) is 1. The molecule has 0 spiro atoms. The van der Waals surface area contributed by atoms with Crippen LogP contribution in [-0.2, 0) is 0 Å². The summed E-state index contributed by atoms with van der Waals surface area (Å²) in [5.74, 6) is 0. The normalized spacial score (nSPS) is 10.6. The van der Waals surface area contributed by atoms with Crippen LogP contribution >= 0.6 is 11.8 Å². The molecule has 0 aliphatic heterocycles. The summed E-state index contributed by atoms with van der Waals surface area (Å²) in [5, 5.41) is 10.0. The van der Waals surface area contributed by atoms with Gasteiger partial charge in [0.1, 0.15) is 5.03 Å². The highest BCUT2D eigenvalue weighted by molar-refractivity contribution is 7.98. The smallest absolute Gasteiger partial charge is 0.160 e. The Morgan fingerprint density at radius 3 is 3.18 bits per heavy atom. The van der Waals surface area contributed by atoms with Gasteiger partial charge in [-0.05, 0) is 18.4 Å². The molecule has 0 radical (unpaired) electrons. The molecule has 0 aromatic carbocycles. The Labute approximate surface area is 68.2 Å².